The number of rotatable bonds is 4. The summed E-state index contributed by atoms with van der Waals surface area (Å²) in [4.78, 5) is 0. The Morgan fingerprint density at radius 3 is 1.90 bits per heavy atom. The third-order valence-corrected chi connectivity index (χ3v) is 7.40. The zero-order valence-electron chi connectivity index (χ0n) is 14.3. The van der Waals surface area contributed by atoms with E-state index >= 15 is 0 Å². The second-order valence-corrected chi connectivity index (χ2v) is 9.17. The van der Waals surface area contributed by atoms with Gasteiger partial charge in [-0.25, -0.2) is 0 Å². The van der Waals surface area contributed by atoms with E-state index < -0.39 is 42.5 Å². The molecule has 0 saturated carbocycles. The minimum atomic E-state index is -5.20. The number of aromatic hydroxyl groups is 2. The average Bonchev–Trinajstić information content (AvgIpc) is 2.64. The fourth-order valence-corrected chi connectivity index (χ4v) is 5.80. The van der Waals surface area contributed by atoms with Crippen molar-refractivity contribution in [1.29, 1.82) is 0 Å². The third kappa shape index (κ3) is 3.44. The molecule has 0 saturated heterocycles. The molecule has 0 spiro atoms. The van der Waals surface area contributed by atoms with Crippen molar-refractivity contribution < 1.29 is 23.2 Å². The Hall–Kier alpha value is -1.67. The van der Waals surface area contributed by atoms with E-state index in [1.165, 1.54) is 42.5 Å². The van der Waals surface area contributed by atoms with Crippen LogP contribution in [0.4, 0.5) is 0 Å². The van der Waals surface area contributed by atoms with Gasteiger partial charge in [-0.15, -0.1) is 0 Å². The lowest BCUT2D eigenvalue weighted by Gasteiger charge is -2.34. The molecule has 3 aromatic carbocycles. The molecule has 3 N–H and O–H groups in total. The molecule has 0 fully saturated rings. The lowest BCUT2D eigenvalue weighted by atomic mass is 9.82. The second-order valence-electron chi connectivity index (χ2n) is 6.04. The molecular weight excluding hydrogens is 482 g/mol. The van der Waals surface area contributed by atoms with Gasteiger partial charge in [-0.3, -0.25) is 4.55 Å². The van der Waals surface area contributed by atoms with E-state index in [2.05, 4.69) is 0 Å². The van der Waals surface area contributed by atoms with Gasteiger partial charge in [0.2, 0.25) is 0 Å². The van der Waals surface area contributed by atoms with Crippen LogP contribution in [0.25, 0.3) is 0 Å². The fourth-order valence-electron chi connectivity index (χ4n) is 3.27. The highest BCUT2D eigenvalue weighted by Crippen LogP contribution is 2.55. The first-order chi connectivity index (χ1) is 13.5. The van der Waals surface area contributed by atoms with Gasteiger partial charge >= 0.3 is 0 Å². The molecule has 0 aliphatic rings. The van der Waals surface area contributed by atoms with Crippen LogP contribution in [0.3, 0.4) is 0 Å². The van der Waals surface area contributed by atoms with E-state index in [9.17, 15) is 23.2 Å². The molecule has 0 heterocycles. The van der Waals surface area contributed by atoms with Crippen molar-refractivity contribution in [2.24, 2.45) is 0 Å². The van der Waals surface area contributed by atoms with Gasteiger partial charge in [-0.05, 0) is 17.7 Å². The molecule has 0 aliphatic heterocycles. The van der Waals surface area contributed by atoms with Crippen LogP contribution in [-0.2, 0) is 14.9 Å². The van der Waals surface area contributed by atoms with E-state index in [1.54, 1.807) is 6.07 Å². The zero-order valence-corrected chi connectivity index (χ0v) is 18.1. The molecule has 3 rings (SSSR count). The first-order valence-corrected chi connectivity index (χ1v) is 10.9. The molecule has 0 radical (unpaired) electrons. The van der Waals surface area contributed by atoms with E-state index in [1.807, 2.05) is 0 Å². The molecule has 1 atom stereocenters. The largest absolute Gasteiger partial charge is 0.508 e. The van der Waals surface area contributed by atoms with Crippen molar-refractivity contribution >= 4 is 56.5 Å². The van der Waals surface area contributed by atoms with Crippen LogP contribution >= 0.6 is 46.4 Å². The van der Waals surface area contributed by atoms with Gasteiger partial charge in [0, 0.05) is 22.2 Å². The average molecular weight is 494 g/mol. The maximum absolute atomic E-state index is 13.0. The molecule has 10 heteroatoms. The van der Waals surface area contributed by atoms with Crippen molar-refractivity contribution in [1.82, 2.24) is 0 Å². The summed E-state index contributed by atoms with van der Waals surface area (Å²) in [6, 6.07) is 12.2. The third-order valence-electron chi connectivity index (χ3n) is 4.40. The van der Waals surface area contributed by atoms with Crippen molar-refractivity contribution in [2.45, 2.75) is 4.75 Å². The Balaban J connectivity index is 2.70. The normalized spacial score (nSPS) is 13.8. The molecule has 1 unspecified atom stereocenters. The summed E-state index contributed by atoms with van der Waals surface area (Å²) < 4.78 is 33.9. The van der Waals surface area contributed by atoms with Gasteiger partial charge in [0.05, 0.1) is 15.1 Å². The molecule has 0 aromatic heterocycles. The fraction of sp³-hybridized carbons (Fsp3) is 0.0526. The van der Waals surface area contributed by atoms with Gasteiger partial charge in [0.25, 0.3) is 10.1 Å². The summed E-state index contributed by atoms with van der Waals surface area (Å²) in [6.07, 6.45) is 0. The van der Waals surface area contributed by atoms with Gasteiger partial charge in [-0.2, -0.15) is 8.42 Å². The van der Waals surface area contributed by atoms with Crippen molar-refractivity contribution in [3.8, 4) is 11.5 Å². The lowest BCUT2D eigenvalue weighted by Crippen LogP contribution is -2.39. The number of hydrogen-bond donors (Lipinski definition) is 3. The summed E-state index contributed by atoms with van der Waals surface area (Å²) in [5.74, 6) is -1.23. The first-order valence-electron chi connectivity index (χ1n) is 7.91. The summed E-state index contributed by atoms with van der Waals surface area (Å²) >= 11 is 24.7. The predicted molar refractivity (Wildman–Crippen MR) is 114 cm³/mol. The highest BCUT2D eigenvalue weighted by molar-refractivity contribution is 7.87. The maximum atomic E-state index is 13.0. The monoisotopic (exact) mass is 492 g/mol. The lowest BCUT2D eigenvalue weighted by molar-refractivity contribution is 0.428. The van der Waals surface area contributed by atoms with Crippen LogP contribution in [-0.4, -0.2) is 23.2 Å². The van der Waals surface area contributed by atoms with E-state index in [-0.39, 0.29) is 20.6 Å². The highest BCUT2D eigenvalue weighted by atomic mass is 35.5. The number of phenols is 2. The summed E-state index contributed by atoms with van der Waals surface area (Å²) in [5.41, 5.74) is -0.974. The number of phenolic OH excluding ortho intramolecular Hbond substituents is 2. The molecule has 0 amide bonds. The highest BCUT2D eigenvalue weighted by Gasteiger charge is 2.54. The Bertz CT molecular complexity index is 1180. The van der Waals surface area contributed by atoms with E-state index in [0.717, 1.165) is 6.07 Å². The van der Waals surface area contributed by atoms with Crippen LogP contribution in [0.1, 0.15) is 16.7 Å². The van der Waals surface area contributed by atoms with Crippen molar-refractivity contribution in [2.75, 3.05) is 0 Å². The van der Waals surface area contributed by atoms with Crippen LogP contribution in [0, 0.1) is 0 Å². The molecule has 0 bridgehead atoms. The second kappa shape index (κ2) is 7.87. The van der Waals surface area contributed by atoms with Gasteiger partial charge in [-0.1, -0.05) is 82.8 Å². The molecular formula is C19H12Cl4O5S. The van der Waals surface area contributed by atoms with Crippen LogP contribution in [0.2, 0.25) is 20.1 Å². The molecule has 0 aliphatic carbocycles. The zero-order chi connectivity index (χ0) is 21.6. The molecule has 5 nitrogen and oxygen atoms in total. The Morgan fingerprint density at radius 2 is 1.34 bits per heavy atom. The van der Waals surface area contributed by atoms with Crippen LogP contribution in [0.15, 0.2) is 54.6 Å². The van der Waals surface area contributed by atoms with Crippen molar-refractivity contribution in [3.63, 3.8) is 0 Å². The maximum Gasteiger partial charge on any atom is 0.283 e. The minimum Gasteiger partial charge on any atom is -0.508 e. The van der Waals surface area contributed by atoms with Crippen LogP contribution < -0.4 is 0 Å². The van der Waals surface area contributed by atoms with Crippen molar-refractivity contribution in [3.05, 3.63) is 91.4 Å². The minimum absolute atomic E-state index is 0.0542. The Labute approximate surface area is 186 Å². The quantitative estimate of drug-likeness (QED) is 0.239. The summed E-state index contributed by atoms with van der Waals surface area (Å²) in [6.45, 7) is 0. The number of benzene rings is 3. The van der Waals surface area contributed by atoms with Gasteiger partial charge < -0.3 is 10.2 Å². The predicted octanol–water partition coefficient (Wildman–Crippen LogP) is 5.89. The SMILES string of the molecule is O=S(=O)(O)C(c1ccccc1)(c1c(O)cccc1Cl)c1c(O)cc(Cl)c(Cl)c1Cl. The molecule has 29 heavy (non-hydrogen) atoms. The summed E-state index contributed by atoms with van der Waals surface area (Å²) in [5, 5.41) is 20.2. The molecule has 3 aromatic rings. The number of hydrogen-bond acceptors (Lipinski definition) is 4. The van der Waals surface area contributed by atoms with Gasteiger partial charge in [0.1, 0.15) is 11.5 Å². The molecule has 152 valence electrons. The first kappa shape index (κ1) is 22.0. The van der Waals surface area contributed by atoms with E-state index in [4.69, 9.17) is 46.4 Å². The Kier molecular flexibility index (Phi) is 5.98. The van der Waals surface area contributed by atoms with Crippen LogP contribution in [0.5, 0.6) is 11.5 Å². The smallest absolute Gasteiger partial charge is 0.283 e. The Morgan fingerprint density at radius 1 is 0.724 bits per heavy atom. The van der Waals surface area contributed by atoms with Gasteiger partial charge in [0.15, 0.2) is 4.75 Å². The van der Waals surface area contributed by atoms with E-state index in [0.29, 0.717) is 0 Å². The number of halogens is 4. The summed E-state index contributed by atoms with van der Waals surface area (Å²) in [7, 11) is -5.20. The topological polar surface area (TPSA) is 94.8 Å². The standard InChI is InChI=1S/C19H12Cl4O5S/c20-11-7-4-8-13(24)15(11)19(29(26,27)28,10-5-2-1-3-6-10)16-14(25)9-12(21)17(22)18(16)23/h1-9,24-25H,(H,26,27,28).